The van der Waals surface area contributed by atoms with Gasteiger partial charge < -0.3 is 4.84 Å². The minimum atomic E-state index is -0.265. The Hall–Kier alpha value is -2.13. The van der Waals surface area contributed by atoms with Crippen molar-refractivity contribution in [1.82, 2.24) is 5.48 Å². The van der Waals surface area contributed by atoms with E-state index in [2.05, 4.69) is 5.48 Å². The molecule has 0 spiro atoms. The molecule has 19 heavy (non-hydrogen) atoms. The quantitative estimate of drug-likeness (QED) is 0.636. The van der Waals surface area contributed by atoms with Gasteiger partial charge in [-0.25, -0.2) is 0 Å². The fraction of sp³-hybridized carbons (Fsp3) is 0.188. The van der Waals surface area contributed by atoms with E-state index in [9.17, 15) is 4.79 Å². The molecule has 0 radical (unpaired) electrons. The van der Waals surface area contributed by atoms with Crippen LogP contribution in [-0.2, 0) is 22.5 Å². The second kappa shape index (κ2) is 7.34. The lowest BCUT2D eigenvalue weighted by molar-refractivity contribution is -0.150. The molecule has 0 aliphatic rings. The molecular weight excluding hydrogens is 238 g/mol. The standard InChI is InChI=1S/C16H17NO2/c18-16(13-15-9-5-2-6-10-15)19-17-12-11-14-7-3-1-4-8-14/h1-10,17H,11-13H2. The van der Waals surface area contributed by atoms with Gasteiger partial charge in [-0.3, -0.25) is 4.79 Å². The molecule has 0 aromatic heterocycles. The zero-order valence-electron chi connectivity index (χ0n) is 10.7. The van der Waals surface area contributed by atoms with E-state index in [-0.39, 0.29) is 5.97 Å². The van der Waals surface area contributed by atoms with Crippen LogP contribution in [0.15, 0.2) is 60.7 Å². The van der Waals surface area contributed by atoms with Crippen molar-refractivity contribution < 1.29 is 9.63 Å². The first-order valence-electron chi connectivity index (χ1n) is 6.35. The van der Waals surface area contributed by atoms with Gasteiger partial charge in [0.1, 0.15) is 0 Å². The van der Waals surface area contributed by atoms with Crippen molar-refractivity contribution in [2.24, 2.45) is 0 Å². The summed E-state index contributed by atoms with van der Waals surface area (Å²) in [5, 5.41) is 0. The summed E-state index contributed by atoms with van der Waals surface area (Å²) in [6.45, 7) is 0.616. The van der Waals surface area contributed by atoms with Crippen molar-refractivity contribution in [3.05, 3.63) is 71.8 Å². The smallest absolute Gasteiger partial charge is 0.329 e. The summed E-state index contributed by atoms with van der Waals surface area (Å²) in [6.07, 6.45) is 1.12. The topological polar surface area (TPSA) is 38.3 Å². The van der Waals surface area contributed by atoms with Crippen LogP contribution in [0.25, 0.3) is 0 Å². The summed E-state index contributed by atoms with van der Waals surface area (Å²) in [5.41, 5.74) is 4.88. The maximum atomic E-state index is 11.5. The van der Waals surface area contributed by atoms with Gasteiger partial charge >= 0.3 is 5.97 Å². The summed E-state index contributed by atoms with van der Waals surface area (Å²) in [4.78, 5) is 16.5. The Kier molecular flexibility index (Phi) is 5.14. The summed E-state index contributed by atoms with van der Waals surface area (Å²) in [6, 6.07) is 19.6. The highest BCUT2D eigenvalue weighted by Crippen LogP contribution is 2.01. The highest BCUT2D eigenvalue weighted by Gasteiger charge is 2.04. The van der Waals surface area contributed by atoms with Gasteiger partial charge in [-0.1, -0.05) is 60.7 Å². The number of hydrogen-bond donors (Lipinski definition) is 1. The molecule has 0 aliphatic carbocycles. The number of hydroxylamine groups is 1. The Morgan fingerprint density at radius 3 is 2.11 bits per heavy atom. The number of rotatable bonds is 6. The van der Waals surface area contributed by atoms with Crippen LogP contribution in [0.3, 0.4) is 0 Å². The predicted octanol–water partition coefficient (Wildman–Crippen LogP) is 2.52. The molecule has 1 N–H and O–H groups in total. The first-order valence-corrected chi connectivity index (χ1v) is 6.35. The molecule has 98 valence electrons. The molecule has 3 heteroatoms. The van der Waals surface area contributed by atoms with E-state index in [0.29, 0.717) is 13.0 Å². The van der Waals surface area contributed by atoms with Crippen LogP contribution in [0.4, 0.5) is 0 Å². The van der Waals surface area contributed by atoms with Gasteiger partial charge in [0.05, 0.1) is 6.42 Å². The van der Waals surface area contributed by atoms with Crippen LogP contribution in [0, 0.1) is 0 Å². The summed E-state index contributed by atoms with van der Waals surface area (Å²) < 4.78 is 0. The summed E-state index contributed by atoms with van der Waals surface area (Å²) >= 11 is 0. The second-order valence-electron chi connectivity index (χ2n) is 4.27. The average Bonchev–Trinajstić information content (AvgIpc) is 2.46. The molecule has 0 saturated heterocycles. The van der Waals surface area contributed by atoms with Crippen molar-refractivity contribution in [2.45, 2.75) is 12.8 Å². The minimum absolute atomic E-state index is 0.265. The largest absolute Gasteiger partial charge is 0.370 e. The molecule has 2 aromatic carbocycles. The van der Waals surface area contributed by atoms with Crippen LogP contribution in [-0.4, -0.2) is 12.5 Å². The summed E-state index contributed by atoms with van der Waals surface area (Å²) in [7, 11) is 0. The maximum absolute atomic E-state index is 11.5. The first kappa shape index (κ1) is 13.3. The molecule has 0 heterocycles. The van der Waals surface area contributed by atoms with Crippen LogP contribution < -0.4 is 5.48 Å². The molecule has 0 atom stereocenters. The maximum Gasteiger partial charge on any atom is 0.329 e. The molecule has 3 nitrogen and oxygen atoms in total. The van der Waals surface area contributed by atoms with Gasteiger partial charge in [-0.2, -0.15) is 5.48 Å². The number of carbonyl (C=O) groups excluding carboxylic acids is 1. The molecule has 0 saturated carbocycles. The normalized spacial score (nSPS) is 10.1. The Morgan fingerprint density at radius 2 is 1.47 bits per heavy atom. The van der Waals surface area contributed by atoms with Crippen molar-refractivity contribution in [1.29, 1.82) is 0 Å². The first-order chi connectivity index (χ1) is 9.34. The third kappa shape index (κ3) is 4.94. The van der Waals surface area contributed by atoms with Crippen molar-refractivity contribution in [2.75, 3.05) is 6.54 Å². The van der Waals surface area contributed by atoms with Crippen LogP contribution in [0.2, 0.25) is 0 Å². The SMILES string of the molecule is O=C(Cc1ccccc1)ONCCc1ccccc1. The van der Waals surface area contributed by atoms with Gasteiger partial charge in [-0.05, 0) is 17.5 Å². The minimum Gasteiger partial charge on any atom is -0.370 e. The van der Waals surface area contributed by atoms with Gasteiger partial charge in [0.2, 0.25) is 0 Å². The molecule has 2 rings (SSSR count). The van der Waals surface area contributed by atoms with E-state index in [1.54, 1.807) is 0 Å². The van der Waals surface area contributed by atoms with Gasteiger partial charge in [0.15, 0.2) is 0 Å². The van der Waals surface area contributed by atoms with E-state index in [0.717, 1.165) is 12.0 Å². The number of hydrogen-bond acceptors (Lipinski definition) is 3. The molecule has 2 aromatic rings. The fourth-order valence-corrected chi connectivity index (χ4v) is 1.77. The van der Waals surface area contributed by atoms with Crippen molar-refractivity contribution in [3.8, 4) is 0 Å². The lowest BCUT2D eigenvalue weighted by atomic mass is 10.1. The Labute approximate surface area is 113 Å². The molecule has 0 unspecified atom stereocenters. The van der Waals surface area contributed by atoms with Crippen LogP contribution in [0.1, 0.15) is 11.1 Å². The number of benzene rings is 2. The zero-order valence-corrected chi connectivity index (χ0v) is 10.7. The fourth-order valence-electron chi connectivity index (χ4n) is 1.77. The highest BCUT2D eigenvalue weighted by atomic mass is 16.7. The third-order valence-electron chi connectivity index (χ3n) is 2.74. The van der Waals surface area contributed by atoms with Crippen LogP contribution >= 0.6 is 0 Å². The third-order valence-corrected chi connectivity index (χ3v) is 2.74. The Balaban J connectivity index is 1.65. The lowest BCUT2D eigenvalue weighted by Crippen LogP contribution is -2.23. The second-order valence-corrected chi connectivity index (χ2v) is 4.27. The highest BCUT2D eigenvalue weighted by molar-refractivity contribution is 5.72. The zero-order chi connectivity index (χ0) is 13.3. The van der Waals surface area contributed by atoms with E-state index >= 15 is 0 Å². The lowest BCUT2D eigenvalue weighted by Gasteiger charge is -2.06. The molecule has 0 amide bonds. The molecule has 0 bridgehead atoms. The Morgan fingerprint density at radius 1 is 0.895 bits per heavy atom. The van der Waals surface area contributed by atoms with E-state index in [4.69, 9.17) is 4.84 Å². The van der Waals surface area contributed by atoms with Crippen LogP contribution in [0.5, 0.6) is 0 Å². The van der Waals surface area contributed by atoms with Gasteiger partial charge in [0, 0.05) is 6.54 Å². The van der Waals surface area contributed by atoms with Crippen molar-refractivity contribution >= 4 is 5.97 Å². The molecule has 0 fully saturated rings. The predicted molar refractivity (Wildman–Crippen MR) is 74.4 cm³/mol. The monoisotopic (exact) mass is 255 g/mol. The summed E-state index contributed by atoms with van der Waals surface area (Å²) in [5.74, 6) is -0.265. The van der Waals surface area contributed by atoms with Gasteiger partial charge in [-0.15, -0.1) is 0 Å². The van der Waals surface area contributed by atoms with E-state index in [1.165, 1.54) is 5.56 Å². The Bertz CT molecular complexity index is 497. The van der Waals surface area contributed by atoms with Gasteiger partial charge in [0.25, 0.3) is 0 Å². The number of carbonyl (C=O) groups is 1. The molecule has 0 aliphatic heterocycles. The number of nitrogens with one attached hydrogen (secondary N) is 1. The molecular formula is C16H17NO2. The van der Waals surface area contributed by atoms with E-state index in [1.807, 2.05) is 60.7 Å². The average molecular weight is 255 g/mol. The van der Waals surface area contributed by atoms with E-state index < -0.39 is 0 Å². The van der Waals surface area contributed by atoms with Crippen molar-refractivity contribution in [3.63, 3.8) is 0 Å².